The zero-order valence-electron chi connectivity index (χ0n) is 26.5. The number of halogens is 1. The lowest BCUT2D eigenvalue weighted by Gasteiger charge is -2.34. The number of anilines is 1. The largest absolute Gasteiger partial charge is 0.497 e. The maximum atomic E-state index is 14.6. The summed E-state index contributed by atoms with van der Waals surface area (Å²) in [6.45, 7) is 5.63. The third kappa shape index (κ3) is 8.89. The fourth-order valence-corrected chi connectivity index (χ4v) is 6.69. The molecule has 0 aliphatic rings. The van der Waals surface area contributed by atoms with E-state index in [1.165, 1.54) is 23.1 Å². The highest BCUT2D eigenvalue weighted by atomic mass is 35.5. The molecule has 0 spiro atoms. The van der Waals surface area contributed by atoms with Crippen molar-refractivity contribution in [2.45, 2.75) is 44.7 Å². The highest BCUT2D eigenvalue weighted by Gasteiger charge is 2.35. The number of rotatable bonds is 14. The Morgan fingerprint density at radius 3 is 2.17 bits per heavy atom. The molecular weight excluding hydrogens is 622 g/mol. The zero-order valence-corrected chi connectivity index (χ0v) is 28.1. The van der Waals surface area contributed by atoms with Gasteiger partial charge in [0.2, 0.25) is 11.8 Å². The number of methoxy groups -OCH3 is 1. The van der Waals surface area contributed by atoms with Crippen molar-refractivity contribution in [3.8, 4) is 5.75 Å². The maximum Gasteiger partial charge on any atom is 0.264 e. The van der Waals surface area contributed by atoms with Crippen molar-refractivity contribution in [1.82, 2.24) is 10.2 Å². The highest BCUT2D eigenvalue weighted by molar-refractivity contribution is 7.92. The van der Waals surface area contributed by atoms with Crippen molar-refractivity contribution in [2.24, 2.45) is 5.92 Å². The molecule has 0 bridgehead atoms. The second-order valence-corrected chi connectivity index (χ2v) is 13.8. The van der Waals surface area contributed by atoms with Crippen LogP contribution in [0.3, 0.4) is 0 Å². The number of nitrogens with one attached hydrogen (secondary N) is 1. The molecule has 1 unspecified atom stereocenters. The van der Waals surface area contributed by atoms with Crippen LogP contribution in [0.5, 0.6) is 5.75 Å². The van der Waals surface area contributed by atoms with Gasteiger partial charge in [-0.1, -0.05) is 92.2 Å². The molecule has 1 N–H and O–H groups in total. The van der Waals surface area contributed by atoms with E-state index in [1.54, 1.807) is 56.5 Å². The lowest BCUT2D eigenvalue weighted by molar-refractivity contribution is -0.140. The molecular formula is C36H40ClN3O5S. The topological polar surface area (TPSA) is 96.0 Å². The minimum absolute atomic E-state index is 0.0250. The van der Waals surface area contributed by atoms with Gasteiger partial charge >= 0.3 is 0 Å². The van der Waals surface area contributed by atoms with E-state index in [0.717, 1.165) is 15.4 Å². The van der Waals surface area contributed by atoms with Gasteiger partial charge in [-0.2, -0.15) is 0 Å². The highest BCUT2D eigenvalue weighted by Crippen LogP contribution is 2.30. The zero-order chi connectivity index (χ0) is 33.3. The molecule has 0 radical (unpaired) electrons. The first-order valence-corrected chi connectivity index (χ1v) is 16.9. The van der Waals surface area contributed by atoms with E-state index < -0.39 is 28.5 Å². The predicted molar refractivity (Wildman–Crippen MR) is 182 cm³/mol. The fraction of sp³-hybridized carbons (Fsp3) is 0.278. The summed E-state index contributed by atoms with van der Waals surface area (Å²) in [5, 5.41) is 3.32. The Kier molecular flexibility index (Phi) is 11.8. The number of nitrogens with zero attached hydrogens (tertiary/aromatic N) is 2. The van der Waals surface area contributed by atoms with Crippen LogP contribution in [0.2, 0.25) is 5.02 Å². The fourth-order valence-electron chi connectivity index (χ4n) is 5.03. The average Bonchev–Trinajstić information content (AvgIpc) is 3.06. The molecule has 0 aliphatic heterocycles. The molecule has 242 valence electrons. The Balaban J connectivity index is 1.83. The number of amides is 2. The van der Waals surface area contributed by atoms with E-state index in [0.29, 0.717) is 22.9 Å². The van der Waals surface area contributed by atoms with Gasteiger partial charge in [0.25, 0.3) is 10.0 Å². The Labute approximate surface area is 277 Å². The molecule has 0 heterocycles. The van der Waals surface area contributed by atoms with Gasteiger partial charge in [-0.3, -0.25) is 13.9 Å². The number of hydrogen-bond donors (Lipinski definition) is 1. The molecule has 0 aliphatic carbocycles. The number of carbonyl (C=O) groups excluding carboxylic acids is 2. The van der Waals surface area contributed by atoms with Gasteiger partial charge in [-0.15, -0.1) is 0 Å². The van der Waals surface area contributed by atoms with E-state index in [-0.39, 0.29) is 35.4 Å². The van der Waals surface area contributed by atoms with Gasteiger partial charge < -0.3 is 15.0 Å². The maximum absolute atomic E-state index is 14.6. The second kappa shape index (κ2) is 15.8. The molecule has 4 aromatic rings. The third-order valence-electron chi connectivity index (χ3n) is 7.49. The predicted octanol–water partition coefficient (Wildman–Crippen LogP) is 6.26. The van der Waals surface area contributed by atoms with Crippen LogP contribution in [0, 0.1) is 12.8 Å². The van der Waals surface area contributed by atoms with Crippen molar-refractivity contribution < 1.29 is 22.7 Å². The molecule has 8 nitrogen and oxygen atoms in total. The molecule has 0 saturated carbocycles. The van der Waals surface area contributed by atoms with Crippen LogP contribution < -0.4 is 14.4 Å². The van der Waals surface area contributed by atoms with Crippen LogP contribution in [0.25, 0.3) is 0 Å². The summed E-state index contributed by atoms with van der Waals surface area (Å²) in [6.07, 6.45) is 0.224. The molecule has 4 aromatic carbocycles. The van der Waals surface area contributed by atoms with Crippen molar-refractivity contribution in [3.63, 3.8) is 0 Å². The summed E-state index contributed by atoms with van der Waals surface area (Å²) in [5.74, 6) is -0.106. The van der Waals surface area contributed by atoms with E-state index in [2.05, 4.69) is 5.32 Å². The first-order chi connectivity index (χ1) is 22.0. The van der Waals surface area contributed by atoms with Crippen molar-refractivity contribution in [2.75, 3.05) is 24.5 Å². The minimum atomic E-state index is -4.23. The third-order valence-corrected chi connectivity index (χ3v) is 9.50. The summed E-state index contributed by atoms with van der Waals surface area (Å²) < 4.78 is 34.9. The number of ether oxygens (including phenoxy) is 1. The molecule has 1 atom stereocenters. The van der Waals surface area contributed by atoms with Crippen LogP contribution >= 0.6 is 11.6 Å². The van der Waals surface area contributed by atoms with Crippen molar-refractivity contribution in [3.05, 3.63) is 125 Å². The summed E-state index contributed by atoms with van der Waals surface area (Å²) in [4.78, 5) is 30.0. The summed E-state index contributed by atoms with van der Waals surface area (Å²) in [7, 11) is -2.67. The van der Waals surface area contributed by atoms with Crippen molar-refractivity contribution >= 4 is 39.1 Å². The van der Waals surface area contributed by atoms with E-state index in [4.69, 9.17) is 16.3 Å². The van der Waals surface area contributed by atoms with Crippen LogP contribution in [0.15, 0.2) is 108 Å². The first-order valence-electron chi connectivity index (χ1n) is 15.1. The lowest BCUT2D eigenvalue weighted by atomic mass is 10.0. The van der Waals surface area contributed by atoms with Crippen LogP contribution in [0.1, 0.15) is 30.5 Å². The molecule has 46 heavy (non-hydrogen) atoms. The van der Waals surface area contributed by atoms with Gasteiger partial charge in [0.15, 0.2) is 0 Å². The lowest BCUT2D eigenvalue weighted by Crippen LogP contribution is -2.53. The molecule has 2 amide bonds. The van der Waals surface area contributed by atoms with Crippen molar-refractivity contribution in [1.29, 1.82) is 0 Å². The monoisotopic (exact) mass is 661 g/mol. The summed E-state index contributed by atoms with van der Waals surface area (Å²) in [5.41, 5.74) is 2.47. The first kappa shape index (κ1) is 34.5. The standard InChI is InChI=1S/C36H40ClN3O5S/c1-26(2)23-38-36(42)34(21-28-12-7-5-8-13-28)39(24-29-14-11-15-31(20-29)45-4)35(41)25-40(33-22-30(37)19-18-27(33)3)46(43,44)32-16-9-6-10-17-32/h5-20,22,26,34H,21,23-25H2,1-4H3,(H,38,42). The molecule has 10 heteroatoms. The van der Waals surface area contributed by atoms with Gasteiger partial charge in [0, 0.05) is 24.5 Å². The molecule has 0 aromatic heterocycles. The Hall–Kier alpha value is -4.34. The van der Waals surface area contributed by atoms with Crippen LogP contribution in [-0.2, 0) is 32.6 Å². The average molecular weight is 662 g/mol. The number of sulfonamides is 1. The van der Waals surface area contributed by atoms with Gasteiger partial charge in [0.1, 0.15) is 18.3 Å². The van der Waals surface area contributed by atoms with Crippen LogP contribution in [-0.4, -0.2) is 51.4 Å². The molecule has 4 rings (SSSR count). The molecule has 0 fully saturated rings. The Morgan fingerprint density at radius 2 is 1.52 bits per heavy atom. The van der Waals surface area contributed by atoms with E-state index in [1.807, 2.05) is 56.3 Å². The number of carbonyl (C=O) groups is 2. The van der Waals surface area contributed by atoms with Gasteiger partial charge in [0.05, 0.1) is 17.7 Å². The Morgan fingerprint density at radius 1 is 0.870 bits per heavy atom. The van der Waals surface area contributed by atoms with Crippen LogP contribution in [0.4, 0.5) is 5.69 Å². The van der Waals surface area contributed by atoms with E-state index in [9.17, 15) is 18.0 Å². The second-order valence-electron chi connectivity index (χ2n) is 11.5. The number of hydrogen-bond acceptors (Lipinski definition) is 5. The normalized spacial score (nSPS) is 12.0. The number of benzene rings is 4. The summed E-state index contributed by atoms with van der Waals surface area (Å²) >= 11 is 6.35. The SMILES string of the molecule is COc1cccc(CN(C(=O)CN(c2cc(Cl)ccc2C)S(=O)(=O)c2ccccc2)C(Cc2ccccc2)C(=O)NCC(C)C)c1. The van der Waals surface area contributed by atoms with E-state index >= 15 is 0 Å². The van der Waals surface area contributed by atoms with Gasteiger partial charge in [-0.05, 0) is 65.9 Å². The minimum Gasteiger partial charge on any atom is -0.497 e. The smallest absolute Gasteiger partial charge is 0.264 e. The number of aryl methyl sites for hydroxylation is 1. The summed E-state index contributed by atoms with van der Waals surface area (Å²) in [6, 6.07) is 28.6. The Bertz CT molecular complexity index is 1730. The quantitative estimate of drug-likeness (QED) is 0.172. The van der Waals surface area contributed by atoms with Gasteiger partial charge in [-0.25, -0.2) is 8.42 Å². The molecule has 0 saturated heterocycles.